The number of rotatable bonds is 4. The van der Waals surface area contributed by atoms with E-state index in [1.807, 2.05) is 0 Å². The van der Waals surface area contributed by atoms with E-state index >= 15 is 0 Å². The van der Waals surface area contributed by atoms with Crippen LogP contribution in [0.2, 0.25) is 0 Å². The molecule has 0 aliphatic carbocycles. The highest BCUT2D eigenvalue weighted by atomic mass is 16.4. The zero-order chi connectivity index (χ0) is 12.3. The van der Waals surface area contributed by atoms with Gasteiger partial charge < -0.3 is 15.7 Å². The molecule has 0 spiro atoms. The summed E-state index contributed by atoms with van der Waals surface area (Å²) in [6.07, 6.45) is 0.997. The summed E-state index contributed by atoms with van der Waals surface area (Å²) in [4.78, 5) is 34.9. The summed E-state index contributed by atoms with van der Waals surface area (Å²) < 4.78 is 0. The van der Waals surface area contributed by atoms with E-state index in [1.54, 1.807) is 0 Å². The summed E-state index contributed by atoms with van der Waals surface area (Å²) >= 11 is 0. The standard InChI is InChI=1S/C10H16N2O4/c1-6(13)8-3-2-4-12(8)10(16)7(11)5-9(14)15/h7-8H,2-5,11H2,1H3,(H,14,15)/t7?,8-/m1/s1. The maximum absolute atomic E-state index is 11.8. The van der Waals surface area contributed by atoms with Crippen LogP contribution in [0.25, 0.3) is 0 Å². The van der Waals surface area contributed by atoms with Crippen molar-refractivity contribution in [3.8, 4) is 0 Å². The first kappa shape index (κ1) is 12.6. The van der Waals surface area contributed by atoms with Gasteiger partial charge in [0.25, 0.3) is 0 Å². The van der Waals surface area contributed by atoms with Gasteiger partial charge in [-0.15, -0.1) is 0 Å². The fourth-order valence-corrected chi connectivity index (χ4v) is 1.94. The molecule has 1 aliphatic rings. The lowest BCUT2D eigenvalue weighted by Crippen LogP contribution is -2.48. The average molecular weight is 228 g/mol. The predicted octanol–water partition coefficient (Wildman–Crippen LogP) is -0.632. The minimum Gasteiger partial charge on any atom is -0.481 e. The molecule has 0 saturated carbocycles. The zero-order valence-corrected chi connectivity index (χ0v) is 9.18. The third kappa shape index (κ3) is 2.79. The Labute approximate surface area is 93.4 Å². The molecule has 3 N–H and O–H groups in total. The second kappa shape index (κ2) is 5.07. The first-order chi connectivity index (χ1) is 7.43. The zero-order valence-electron chi connectivity index (χ0n) is 9.18. The monoisotopic (exact) mass is 228 g/mol. The number of hydrogen-bond donors (Lipinski definition) is 2. The molecule has 2 atom stereocenters. The van der Waals surface area contributed by atoms with Crippen molar-refractivity contribution in [1.29, 1.82) is 0 Å². The van der Waals surface area contributed by atoms with E-state index in [9.17, 15) is 14.4 Å². The largest absolute Gasteiger partial charge is 0.481 e. The second-order valence-electron chi connectivity index (χ2n) is 4.00. The molecule has 0 aromatic rings. The highest BCUT2D eigenvalue weighted by molar-refractivity contribution is 5.91. The fourth-order valence-electron chi connectivity index (χ4n) is 1.94. The SMILES string of the molecule is CC(=O)[C@H]1CCCN1C(=O)C(N)CC(=O)O. The van der Waals surface area contributed by atoms with Gasteiger partial charge in [-0.2, -0.15) is 0 Å². The van der Waals surface area contributed by atoms with Crippen LogP contribution in [0.4, 0.5) is 0 Å². The number of nitrogens with zero attached hydrogens (tertiary/aromatic N) is 1. The first-order valence-corrected chi connectivity index (χ1v) is 5.21. The molecule has 0 aromatic heterocycles. The molecule has 1 amide bonds. The van der Waals surface area contributed by atoms with E-state index in [2.05, 4.69) is 0 Å². The first-order valence-electron chi connectivity index (χ1n) is 5.21. The van der Waals surface area contributed by atoms with Crippen molar-refractivity contribution in [3.63, 3.8) is 0 Å². The molecule has 0 aromatic carbocycles. The van der Waals surface area contributed by atoms with Crippen molar-refractivity contribution in [2.75, 3.05) is 6.54 Å². The fraction of sp³-hybridized carbons (Fsp3) is 0.700. The number of nitrogens with two attached hydrogens (primary N) is 1. The van der Waals surface area contributed by atoms with Gasteiger partial charge in [-0.25, -0.2) is 0 Å². The van der Waals surface area contributed by atoms with Crippen molar-refractivity contribution in [2.45, 2.75) is 38.3 Å². The van der Waals surface area contributed by atoms with E-state index in [0.29, 0.717) is 13.0 Å². The lowest BCUT2D eigenvalue weighted by Gasteiger charge is -2.25. The molecule has 1 rings (SSSR count). The van der Waals surface area contributed by atoms with Crippen LogP contribution in [-0.2, 0) is 14.4 Å². The van der Waals surface area contributed by atoms with Gasteiger partial charge in [-0.05, 0) is 19.8 Å². The predicted molar refractivity (Wildman–Crippen MR) is 55.6 cm³/mol. The van der Waals surface area contributed by atoms with E-state index in [1.165, 1.54) is 11.8 Å². The van der Waals surface area contributed by atoms with Gasteiger partial charge >= 0.3 is 5.97 Å². The molecule has 0 bridgehead atoms. The summed E-state index contributed by atoms with van der Waals surface area (Å²) in [7, 11) is 0. The lowest BCUT2D eigenvalue weighted by molar-refractivity contribution is -0.143. The van der Waals surface area contributed by atoms with Gasteiger partial charge in [0, 0.05) is 6.54 Å². The molecule has 1 heterocycles. The molecule has 16 heavy (non-hydrogen) atoms. The van der Waals surface area contributed by atoms with Gasteiger partial charge in [-0.3, -0.25) is 14.4 Å². The third-order valence-corrected chi connectivity index (χ3v) is 2.72. The van der Waals surface area contributed by atoms with E-state index in [0.717, 1.165) is 6.42 Å². The molecule has 6 nitrogen and oxygen atoms in total. The molecule has 1 saturated heterocycles. The number of carbonyl (C=O) groups is 3. The normalized spacial score (nSPS) is 21.9. The number of likely N-dealkylation sites (tertiary alicyclic amines) is 1. The van der Waals surface area contributed by atoms with Crippen LogP contribution in [0.15, 0.2) is 0 Å². The summed E-state index contributed by atoms with van der Waals surface area (Å²) in [6.45, 7) is 1.91. The van der Waals surface area contributed by atoms with Gasteiger partial charge in [-0.1, -0.05) is 0 Å². The van der Waals surface area contributed by atoms with Crippen molar-refractivity contribution in [2.24, 2.45) is 5.73 Å². The van der Waals surface area contributed by atoms with Crippen molar-refractivity contribution < 1.29 is 19.5 Å². The Hall–Kier alpha value is -1.43. The van der Waals surface area contributed by atoms with Crippen molar-refractivity contribution >= 4 is 17.7 Å². The van der Waals surface area contributed by atoms with E-state index < -0.39 is 30.4 Å². The van der Waals surface area contributed by atoms with E-state index in [-0.39, 0.29) is 5.78 Å². The third-order valence-electron chi connectivity index (χ3n) is 2.72. The van der Waals surface area contributed by atoms with Gasteiger partial charge in [0.2, 0.25) is 5.91 Å². The smallest absolute Gasteiger partial charge is 0.305 e. The lowest BCUT2D eigenvalue weighted by atomic mass is 10.1. The second-order valence-corrected chi connectivity index (χ2v) is 4.00. The summed E-state index contributed by atoms with van der Waals surface area (Å²) in [6, 6.07) is -1.48. The van der Waals surface area contributed by atoms with E-state index in [4.69, 9.17) is 10.8 Å². The Kier molecular flexibility index (Phi) is 4.00. The van der Waals surface area contributed by atoms with Crippen LogP contribution >= 0.6 is 0 Å². The molecule has 1 fully saturated rings. The number of carbonyl (C=O) groups excluding carboxylic acids is 2. The number of ketones is 1. The molecule has 90 valence electrons. The Morgan fingerprint density at radius 2 is 2.12 bits per heavy atom. The number of amides is 1. The van der Waals surface area contributed by atoms with Crippen LogP contribution in [0.3, 0.4) is 0 Å². The Morgan fingerprint density at radius 3 is 2.62 bits per heavy atom. The highest BCUT2D eigenvalue weighted by Crippen LogP contribution is 2.19. The van der Waals surface area contributed by atoms with Crippen LogP contribution in [0.5, 0.6) is 0 Å². The van der Waals surface area contributed by atoms with Gasteiger partial charge in [0.05, 0.1) is 18.5 Å². The number of aliphatic carboxylic acids is 1. The Bertz CT molecular complexity index is 316. The minimum absolute atomic E-state index is 0.0756. The molecule has 1 aliphatic heterocycles. The minimum atomic E-state index is -1.11. The topological polar surface area (TPSA) is 101 Å². The summed E-state index contributed by atoms with van der Waals surface area (Å²) in [5.74, 6) is -1.63. The molecular weight excluding hydrogens is 212 g/mol. The number of carboxylic acid groups (broad SMARTS) is 1. The van der Waals surface area contributed by atoms with Crippen molar-refractivity contribution in [3.05, 3.63) is 0 Å². The average Bonchev–Trinajstić information content (AvgIpc) is 2.63. The van der Waals surface area contributed by atoms with Crippen molar-refractivity contribution in [1.82, 2.24) is 4.90 Å². The quantitative estimate of drug-likeness (QED) is 0.667. The summed E-state index contributed by atoms with van der Waals surface area (Å²) in [5, 5.41) is 8.53. The molecule has 1 unspecified atom stereocenters. The number of hydrogen-bond acceptors (Lipinski definition) is 4. The Balaban J connectivity index is 2.65. The van der Waals surface area contributed by atoms with Crippen LogP contribution in [0.1, 0.15) is 26.2 Å². The summed E-state index contributed by atoms with van der Waals surface area (Å²) in [5.41, 5.74) is 5.48. The Morgan fingerprint density at radius 1 is 1.50 bits per heavy atom. The number of carboxylic acids is 1. The number of Topliss-reactive ketones (excluding diaryl/α,β-unsaturated/α-hetero) is 1. The van der Waals surface area contributed by atoms with Gasteiger partial charge in [0.15, 0.2) is 5.78 Å². The van der Waals surface area contributed by atoms with Crippen LogP contribution in [0, 0.1) is 0 Å². The highest BCUT2D eigenvalue weighted by Gasteiger charge is 2.34. The maximum atomic E-state index is 11.8. The maximum Gasteiger partial charge on any atom is 0.305 e. The van der Waals surface area contributed by atoms with Crippen LogP contribution in [-0.4, -0.2) is 46.3 Å². The molecule has 6 heteroatoms. The molecular formula is C10H16N2O4. The van der Waals surface area contributed by atoms with Gasteiger partial charge in [0.1, 0.15) is 0 Å². The van der Waals surface area contributed by atoms with Crippen LogP contribution < -0.4 is 5.73 Å². The molecule has 0 radical (unpaired) electrons.